The lowest BCUT2D eigenvalue weighted by Crippen LogP contribution is -2.54. The van der Waals surface area contributed by atoms with Crippen LogP contribution in [0.15, 0.2) is 66.2 Å². The van der Waals surface area contributed by atoms with Crippen molar-refractivity contribution in [1.82, 2.24) is 5.32 Å². The van der Waals surface area contributed by atoms with Crippen LogP contribution >= 0.6 is 23.2 Å². The number of anilines is 2. The van der Waals surface area contributed by atoms with Crippen molar-refractivity contribution in [1.29, 1.82) is 0 Å². The molecule has 1 heterocycles. The van der Waals surface area contributed by atoms with E-state index in [-0.39, 0.29) is 23.6 Å². The number of carbonyl (C=O) groups is 4. The maximum atomic E-state index is 13.3. The number of hydrogen-bond donors (Lipinski definition) is 2. The van der Waals surface area contributed by atoms with Gasteiger partial charge >= 0.3 is 6.03 Å². The number of hydrogen-bond acceptors (Lipinski definition) is 6. The van der Waals surface area contributed by atoms with Crippen LogP contribution in [0.3, 0.4) is 0 Å². The molecule has 0 atom stereocenters. The van der Waals surface area contributed by atoms with Gasteiger partial charge in [-0.15, -0.1) is 0 Å². The minimum Gasteiger partial charge on any atom is -0.490 e. The molecule has 11 heteroatoms. The van der Waals surface area contributed by atoms with Crippen LogP contribution in [0.2, 0.25) is 10.0 Å². The minimum atomic E-state index is -0.872. The van der Waals surface area contributed by atoms with Gasteiger partial charge < -0.3 is 14.8 Å². The van der Waals surface area contributed by atoms with Crippen LogP contribution in [0.1, 0.15) is 18.1 Å². The monoisotopic (exact) mass is 567 g/mol. The summed E-state index contributed by atoms with van der Waals surface area (Å²) in [6.45, 7) is 3.45. The molecule has 3 aromatic rings. The lowest BCUT2D eigenvalue weighted by Gasteiger charge is -2.27. The number of nitrogens with zero attached hydrogens (tertiary/aromatic N) is 1. The molecular weight excluding hydrogens is 545 g/mol. The molecule has 0 aliphatic carbocycles. The van der Waals surface area contributed by atoms with E-state index in [1.165, 1.54) is 6.08 Å². The topological polar surface area (TPSA) is 114 Å². The molecule has 39 heavy (non-hydrogen) atoms. The summed E-state index contributed by atoms with van der Waals surface area (Å²) in [5, 5.41) is 5.81. The van der Waals surface area contributed by atoms with Crippen molar-refractivity contribution in [2.45, 2.75) is 13.8 Å². The molecule has 1 aliphatic heterocycles. The largest absolute Gasteiger partial charge is 0.490 e. The SMILES string of the molecule is CCOc1cc(/C=C2\C(=O)NC(=O)N(c3cccc(Cl)c3C)C2=O)ccc1OCC(=O)Nc1ccc(Cl)cc1. The molecule has 1 aliphatic rings. The van der Waals surface area contributed by atoms with Gasteiger partial charge in [-0.05, 0) is 79.6 Å². The number of nitrogens with one attached hydrogen (secondary N) is 2. The van der Waals surface area contributed by atoms with E-state index in [4.69, 9.17) is 32.7 Å². The summed E-state index contributed by atoms with van der Waals surface area (Å²) in [6, 6.07) is 15.3. The van der Waals surface area contributed by atoms with Gasteiger partial charge in [0.1, 0.15) is 5.57 Å². The lowest BCUT2D eigenvalue weighted by molar-refractivity contribution is -0.122. The average Bonchev–Trinajstić information content (AvgIpc) is 2.90. The first-order valence-corrected chi connectivity index (χ1v) is 12.5. The number of rotatable bonds is 8. The zero-order valence-electron chi connectivity index (χ0n) is 20.9. The third-order valence-corrected chi connectivity index (χ3v) is 6.31. The number of imide groups is 2. The normalized spacial score (nSPS) is 14.3. The Kier molecular flexibility index (Phi) is 8.53. The summed E-state index contributed by atoms with van der Waals surface area (Å²) in [7, 11) is 0. The first kappa shape index (κ1) is 27.7. The Hall–Kier alpha value is -4.34. The molecule has 0 saturated carbocycles. The summed E-state index contributed by atoms with van der Waals surface area (Å²) in [5.74, 6) is -1.44. The highest BCUT2D eigenvalue weighted by molar-refractivity contribution is 6.40. The standard InChI is InChI=1S/C28H23Cl2N3O6/c1-3-38-24-14-17(7-12-23(24)39-15-25(34)31-19-10-8-18(29)9-11-19)13-20-26(35)32-28(37)33(27(20)36)22-6-4-5-21(30)16(22)2/h4-14H,3,15H2,1-2H3,(H,31,34)(H,32,35,37)/b20-13+. The van der Waals surface area contributed by atoms with E-state index < -0.39 is 23.8 Å². The molecule has 2 N–H and O–H groups in total. The summed E-state index contributed by atoms with van der Waals surface area (Å²) in [4.78, 5) is 51.6. The summed E-state index contributed by atoms with van der Waals surface area (Å²) in [6.07, 6.45) is 1.34. The van der Waals surface area contributed by atoms with E-state index in [0.717, 1.165) is 4.90 Å². The highest BCUT2D eigenvalue weighted by Gasteiger charge is 2.37. The zero-order valence-corrected chi connectivity index (χ0v) is 22.4. The van der Waals surface area contributed by atoms with Crippen molar-refractivity contribution in [2.24, 2.45) is 0 Å². The van der Waals surface area contributed by atoms with Gasteiger partial charge in [-0.25, -0.2) is 9.69 Å². The fourth-order valence-corrected chi connectivity index (χ4v) is 4.05. The smallest absolute Gasteiger partial charge is 0.335 e. The van der Waals surface area contributed by atoms with Gasteiger partial charge in [0.25, 0.3) is 17.7 Å². The number of amides is 5. The molecule has 4 rings (SSSR count). The highest BCUT2D eigenvalue weighted by atomic mass is 35.5. The van der Waals surface area contributed by atoms with E-state index in [0.29, 0.717) is 39.2 Å². The Labute approximate surface area is 234 Å². The van der Waals surface area contributed by atoms with Gasteiger partial charge in [-0.2, -0.15) is 0 Å². The van der Waals surface area contributed by atoms with E-state index in [2.05, 4.69) is 10.6 Å². The summed E-state index contributed by atoms with van der Waals surface area (Å²) < 4.78 is 11.3. The predicted octanol–water partition coefficient (Wildman–Crippen LogP) is 5.38. The Bertz CT molecular complexity index is 1490. The molecule has 0 bridgehead atoms. The second-order valence-corrected chi connectivity index (χ2v) is 9.17. The third kappa shape index (κ3) is 6.39. The summed E-state index contributed by atoms with van der Waals surface area (Å²) >= 11 is 12.0. The van der Waals surface area contributed by atoms with Crippen molar-refractivity contribution >= 4 is 64.4 Å². The maximum Gasteiger partial charge on any atom is 0.335 e. The van der Waals surface area contributed by atoms with Crippen molar-refractivity contribution < 1.29 is 28.7 Å². The Balaban J connectivity index is 1.55. The lowest BCUT2D eigenvalue weighted by atomic mass is 10.1. The van der Waals surface area contributed by atoms with Crippen LogP contribution in [0.4, 0.5) is 16.2 Å². The van der Waals surface area contributed by atoms with Crippen LogP contribution in [0, 0.1) is 6.92 Å². The number of benzene rings is 3. The van der Waals surface area contributed by atoms with Gasteiger partial charge in [0, 0.05) is 15.7 Å². The predicted molar refractivity (Wildman–Crippen MR) is 148 cm³/mol. The van der Waals surface area contributed by atoms with E-state index in [1.807, 2.05) is 0 Å². The molecule has 5 amide bonds. The molecule has 0 aromatic heterocycles. The Morgan fingerprint density at radius 2 is 1.74 bits per heavy atom. The van der Waals surface area contributed by atoms with Crippen LogP contribution < -0.4 is 25.0 Å². The second-order valence-electron chi connectivity index (χ2n) is 8.32. The van der Waals surface area contributed by atoms with Crippen molar-refractivity contribution in [3.63, 3.8) is 0 Å². The number of urea groups is 1. The van der Waals surface area contributed by atoms with E-state index in [1.54, 1.807) is 74.5 Å². The molecule has 1 saturated heterocycles. The second kappa shape index (κ2) is 12.0. The highest BCUT2D eigenvalue weighted by Crippen LogP contribution is 2.32. The van der Waals surface area contributed by atoms with E-state index in [9.17, 15) is 19.2 Å². The van der Waals surface area contributed by atoms with Crippen LogP contribution in [-0.4, -0.2) is 37.0 Å². The first-order chi connectivity index (χ1) is 18.7. The number of carbonyl (C=O) groups excluding carboxylic acids is 4. The zero-order chi connectivity index (χ0) is 28.1. The molecule has 0 spiro atoms. The quantitative estimate of drug-likeness (QED) is 0.279. The van der Waals surface area contributed by atoms with Gasteiger partial charge in [0.05, 0.1) is 12.3 Å². The molecule has 9 nitrogen and oxygen atoms in total. The van der Waals surface area contributed by atoms with Crippen molar-refractivity contribution in [3.8, 4) is 11.5 Å². The van der Waals surface area contributed by atoms with Gasteiger partial charge in [0.15, 0.2) is 18.1 Å². The number of ether oxygens (including phenoxy) is 2. The average molecular weight is 568 g/mol. The molecule has 0 radical (unpaired) electrons. The minimum absolute atomic E-state index is 0.257. The molecule has 200 valence electrons. The maximum absolute atomic E-state index is 13.3. The van der Waals surface area contributed by atoms with Crippen molar-refractivity contribution in [2.75, 3.05) is 23.4 Å². The van der Waals surface area contributed by atoms with Crippen molar-refractivity contribution in [3.05, 3.63) is 87.4 Å². The van der Waals surface area contributed by atoms with Crippen LogP contribution in [0.25, 0.3) is 6.08 Å². The van der Waals surface area contributed by atoms with Crippen LogP contribution in [-0.2, 0) is 14.4 Å². The summed E-state index contributed by atoms with van der Waals surface area (Å²) in [5.41, 5.74) is 1.52. The van der Waals surface area contributed by atoms with Gasteiger partial charge in [-0.1, -0.05) is 35.3 Å². The van der Waals surface area contributed by atoms with Crippen LogP contribution in [0.5, 0.6) is 11.5 Å². The number of halogens is 2. The third-order valence-electron chi connectivity index (χ3n) is 5.65. The molecular formula is C28H23Cl2N3O6. The van der Waals surface area contributed by atoms with Gasteiger partial charge in [0.2, 0.25) is 0 Å². The fraction of sp³-hybridized carbons (Fsp3) is 0.143. The Morgan fingerprint density at radius 1 is 1.00 bits per heavy atom. The molecule has 1 fully saturated rings. The van der Waals surface area contributed by atoms with E-state index >= 15 is 0 Å². The fourth-order valence-electron chi connectivity index (χ4n) is 3.76. The Morgan fingerprint density at radius 3 is 2.46 bits per heavy atom. The first-order valence-electron chi connectivity index (χ1n) is 11.8. The number of barbiturate groups is 1. The molecule has 3 aromatic carbocycles. The molecule has 0 unspecified atom stereocenters. The van der Waals surface area contributed by atoms with Gasteiger partial charge in [-0.3, -0.25) is 19.7 Å².